The van der Waals surface area contributed by atoms with Crippen molar-refractivity contribution in [1.29, 1.82) is 0 Å². The summed E-state index contributed by atoms with van der Waals surface area (Å²) in [5.41, 5.74) is 2.13. The summed E-state index contributed by atoms with van der Waals surface area (Å²) in [6.07, 6.45) is 1.75. The zero-order valence-corrected chi connectivity index (χ0v) is 19.4. The molecule has 1 unspecified atom stereocenters. The van der Waals surface area contributed by atoms with Gasteiger partial charge in [-0.25, -0.2) is 4.98 Å². The summed E-state index contributed by atoms with van der Waals surface area (Å²) in [6.45, 7) is 2.59. The second-order valence-corrected chi connectivity index (χ2v) is 8.76. The molecule has 32 heavy (non-hydrogen) atoms. The van der Waals surface area contributed by atoms with Gasteiger partial charge >= 0.3 is 0 Å². The number of nitrogens with zero attached hydrogens (tertiary/aromatic N) is 4. The van der Waals surface area contributed by atoms with Gasteiger partial charge in [0, 0.05) is 19.3 Å². The normalized spacial score (nSPS) is 18.3. The van der Waals surface area contributed by atoms with Crippen LogP contribution in [-0.2, 0) is 9.59 Å². The molecule has 2 aromatic heterocycles. The number of benzene rings is 1. The van der Waals surface area contributed by atoms with E-state index in [4.69, 9.17) is 23.2 Å². The van der Waals surface area contributed by atoms with Gasteiger partial charge in [-0.05, 0) is 50.8 Å². The SMILES string of the molecule is Cc1nc2ccccn2c1C(O)=C1C(=O)C(=O)N(CCN(C)C)C1c1ccc(Cl)c(Cl)c1. The third kappa shape index (κ3) is 3.77. The van der Waals surface area contributed by atoms with Gasteiger partial charge in [0.15, 0.2) is 5.76 Å². The number of carbonyl (C=O) groups excluding carboxylic acids is 2. The zero-order chi connectivity index (χ0) is 23.2. The second-order valence-electron chi connectivity index (χ2n) is 7.94. The molecule has 1 aliphatic rings. The molecule has 0 bridgehead atoms. The van der Waals surface area contributed by atoms with Crippen molar-refractivity contribution in [3.8, 4) is 0 Å². The van der Waals surface area contributed by atoms with Crippen molar-refractivity contribution in [3.63, 3.8) is 0 Å². The van der Waals surface area contributed by atoms with Gasteiger partial charge in [0.25, 0.3) is 11.7 Å². The predicted molar refractivity (Wildman–Crippen MR) is 124 cm³/mol. The predicted octanol–water partition coefficient (Wildman–Crippen LogP) is 3.93. The van der Waals surface area contributed by atoms with Crippen LogP contribution in [0.3, 0.4) is 0 Å². The van der Waals surface area contributed by atoms with Crippen LogP contribution in [-0.4, -0.2) is 63.2 Å². The average Bonchev–Trinajstić information content (AvgIpc) is 3.21. The highest BCUT2D eigenvalue weighted by Gasteiger charge is 2.46. The van der Waals surface area contributed by atoms with Crippen molar-refractivity contribution in [2.75, 3.05) is 27.2 Å². The largest absolute Gasteiger partial charge is 0.505 e. The number of likely N-dealkylation sites (N-methyl/N-ethyl adjacent to an activating group) is 1. The maximum Gasteiger partial charge on any atom is 0.295 e. The van der Waals surface area contributed by atoms with Gasteiger partial charge < -0.3 is 14.9 Å². The molecule has 3 aromatic rings. The molecule has 7 nitrogen and oxygen atoms in total. The molecule has 4 rings (SSSR count). The first-order valence-corrected chi connectivity index (χ1v) is 10.8. The summed E-state index contributed by atoms with van der Waals surface area (Å²) in [5, 5.41) is 12.0. The lowest BCUT2D eigenvalue weighted by molar-refractivity contribution is -0.140. The number of amides is 1. The molecule has 9 heteroatoms. The number of aryl methyl sites for hydroxylation is 1. The topological polar surface area (TPSA) is 78.1 Å². The Hall–Kier alpha value is -2.87. The van der Waals surface area contributed by atoms with E-state index in [0.29, 0.717) is 45.7 Å². The van der Waals surface area contributed by atoms with E-state index in [1.54, 1.807) is 47.9 Å². The van der Waals surface area contributed by atoms with Gasteiger partial charge in [-0.15, -0.1) is 0 Å². The Morgan fingerprint density at radius 1 is 1.16 bits per heavy atom. The van der Waals surface area contributed by atoms with Gasteiger partial charge in [0.05, 0.1) is 27.4 Å². The van der Waals surface area contributed by atoms with Gasteiger partial charge in [-0.2, -0.15) is 0 Å². The first kappa shape index (κ1) is 22.3. The van der Waals surface area contributed by atoms with E-state index in [-0.39, 0.29) is 11.3 Å². The third-order valence-corrected chi connectivity index (χ3v) is 6.26. The fourth-order valence-electron chi connectivity index (χ4n) is 3.97. The first-order valence-electron chi connectivity index (χ1n) is 10.0. The average molecular weight is 473 g/mol. The zero-order valence-electron chi connectivity index (χ0n) is 17.8. The smallest absolute Gasteiger partial charge is 0.295 e. The van der Waals surface area contributed by atoms with E-state index in [0.717, 1.165) is 0 Å². The number of carbonyl (C=O) groups is 2. The minimum Gasteiger partial charge on any atom is -0.505 e. The van der Waals surface area contributed by atoms with Crippen LogP contribution in [0.4, 0.5) is 0 Å². The molecular weight excluding hydrogens is 451 g/mol. The highest BCUT2D eigenvalue weighted by molar-refractivity contribution is 6.46. The molecule has 1 aromatic carbocycles. The maximum absolute atomic E-state index is 13.2. The molecular formula is C23H22Cl2N4O3. The van der Waals surface area contributed by atoms with E-state index in [1.807, 2.05) is 25.1 Å². The number of ketones is 1. The van der Waals surface area contributed by atoms with Crippen LogP contribution in [0.25, 0.3) is 11.4 Å². The number of likely N-dealkylation sites (tertiary alicyclic amines) is 1. The molecule has 0 aliphatic carbocycles. The lowest BCUT2D eigenvalue weighted by atomic mass is 9.96. The number of aliphatic hydroxyl groups is 1. The van der Waals surface area contributed by atoms with Gasteiger partial charge in [-0.3, -0.25) is 14.0 Å². The Kier molecular flexibility index (Phi) is 5.99. The van der Waals surface area contributed by atoms with Crippen molar-refractivity contribution < 1.29 is 14.7 Å². The molecule has 3 heterocycles. The van der Waals surface area contributed by atoms with Crippen LogP contribution in [0.5, 0.6) is 0 Å². The van der Waals surface area contributed by atoms with Crippen LogP contribution in [0, 0.1) is 6.92 Å². The lowest BCUT2D eigenvalue weighted by Gasteiger charge is -2.26. The molecule has 0 saturated carbocycles. The highest BCUT2D eigenvalue weighted by atomic mass is 35.5. The van der Waals surface area contributed by atoms with Crippen LogP contribution in [0.15, 0.2) is 48.2 Å². The molecule has 1 N–H and O–H groups in total. The molecule has 166 valence electrons. The summed E-state index contributed by atoms with van der Waals surface area (Å²) in [4.78, 5) is 34.0. The second kappa shape index (κ2) is 8.58. The number of fused-ring (bicyclic) bond motifs is 1. The summed E-state index contributed by atoms with van der Waals surface area (Å²) in [5.74, 6) is -1.69. The van der Waals surface area contributed by atoms with Crippen molar-refractivity contribution >= 4 is 46.3 Å². The number of aromatic nitrogens is 2. The Morgan fingerprint density at radius 2 is 1.91 bits per heavy atom. The summed E-state index contributed by atoms with van der Waals surface area (Å²) in [6, 6.07) is 9.58. The standard InChI is InChI=1S/C23H22Cl2N4O3/c1-13-19(28-9-5-4-6-17(28)26-13)21(30)18-20(14-7-8-15(24)16(25)12-14)29(11-10-27(2)3)23(32)22(18)31/h4-9,12,20,30H,10-11H2,1-3H3. The first-order chi connectivity index (χ1) is 15.2. The molecule has 1 atom stereocenters. The number of hydrogen-bond acceptors (Lipinski definition) is 5. The minimum absolute atomic E-state index is 0.000832. The van der Waals surface area contributed by atoms with E-state index >= 15 is 0 Å². The molecule has 1 amide bonds. The number of rotatable bonds is 5. The van der Waals surface area contributed by atoms with E-state index in [2.05, 4.69) is 4.98 Å². The summed E-state index contributed by atoms with van der Waals surface area (Å²) < 4.78 is 1.70. The number of halogens is 2. The van der Waals surface area contributed by atoms with Crippen molar-refractivity contribution in [1.82, 2.24) is 19.2 Å². The third-order valence-electron chi connectivity index (χ3n) is 5.52. The van der Waals surface area contributed by atoms with Gasteiger partial charge in [0.1, 0.15) is 11.3 Å². The molecule has 0 spiro atoms. The summed E-state index contributed by atoms with van der Waals surface area (Å²) in [7, 11) is 3.76. The van der Waals surface area contributed by atoms with Gasteiger partial charge in [0.2, 0.25) is 0 Å². The van der Waals surface area contributed by atoms with Crippen molar-refractivity contribution in [2.45, 2.75) is 13.0 Å². The number of aliphatic hydroxyl groups excluding tert-OH is 1. The number of imidazole rings is 1. The van der Waals surface area contributed by atoms with Crippen molar-refractivity contribution in [3.05, 3.63) is 75.2 Å². The number of hydrogen-bond donors (Lipinski definition) is 1. The quantitative estimate of drug-likeness (QED) is 0.345. The van der Waals surface area contributed by atoms with Crippen LogP contribution >= 0.6 is 23.2 Å². The number of Topliss-reactive ketones (excluding diaryl/α,β-unsaturated/α-hetero) is 1. The van der Waals surface area contributed by atoms with Crippen LogP contribution in [0.2, 0.25) is 10.0 Å². The molecule has 0 radical (unpaired) electrons. The Bertz CT molecular complexity index is 1270. The fraction of sp³-hybridized carbons (Fsp3) is 0.261. The lowest BCUT2D eigenvalue weighted by Crippen LogP contribution is -2.35. The fourth-order valence-corrected chi connectivity index (χ4v) is 4.28. The number of pyridine rings is 1. The summed E-state index contributed by atoms with van der Waals surface area (Å²) >= 11 is 12.3. The highest BCUT2D eigenvalue weighted by Crippen LogP contribution is 2.41. The Morgan fingerprint density at radius 3 is 2.59 bits per heavy atom. The Labute approximate surface area is 195 Å². The Balaban J connectivity index is 1.94. The van der Waals surface area contributed by atoms with Crippen LogP contribution in [0.1, 0.15) is 23.0 Å². The molecule has 1 aliphatic heterocycles. The van der Waals surface area contributed by atoms with Gasteiger partial charge in [-0.1, -0.05) is 35.3 Å². The van der Waals surface area contributed by atoms with E-state index < -0.39 is 17.7 Å². The van der Waals surface area contributed by atoms with Crippen molar-refractivity contribution in [2.24, 2.45) is 0 Å². The van der Waals surface area contributed by atoms with E-state index in [9.17, 15) is 14.7 Å². The monoisotopic (exact) mass is 472 g/mol. The maximum atomic E-state index is 13.2. The van der Waals surface area contributed by atoms with E-state index in [1.165, 1.54) is 4.90 Å². The minimum atomic E-state index is -0.807. The molecule has 1 saturated heterocycles. The molecule has 1 fully saturated rings. The van der Waals surface area contributed by atoms with Crippen LogP contribution < -0.4 is 0 Å².